The number of fused-ring (bicyclic) bond motifs is 2. The summed E-state index contributed by atoms with van der Waals surface area (Å²) >= 11 is 6.35. The number of anilines is 1. The van der Waals surface area contributed by atoms with E-state index in [1.165, 1.54) is 12.0 Å². The van der Waals surface area contributed by atoms with Crippen molar-refractivity contribution in [3.8, 4) is 0 Å². The van der Waals surface area contributed by atoms with Crippen LogP contribution >= 0.6 is 11.6 Å². The second-order valence-corrected chi connectivity index (χ2v) is 10.3. The van der Waals surface area contributed by atoms with Crippen LogP contribution in [0.25, 0.3) is 10.8 Å². The molecule has 0 spiro atoms. The van der Waals surface area contributed by atoms with Gasteiger partial charge in [-0.25, -0.2) is 4.98 Å². The van der Waals surface area contributed by atoms with Crippen LogP contribution < -0.4 is 5.32 Å². The van der Waals surface area contributed by atoms with Crippen LogP contribution in [0.3, 0.4) is 0 Å². The molecule has 1 atom stereocenters. The zero-order valence-corrected chi connectivity index (χ0v) is 21.4. The Morgan fingerprint density at radius 2 is 2.08 bits per heavy atom. The molecule has 0 bridgehead atoms. The third-order valence-corrected chi connectivity index (χ3v) is 7.45. The van der Waals surface area contributed by atoms with Gasteiger partial charge in [0.1, 0.15) is 11.9 Å². The van der Waals surface area contributed by atoms with Gasteiger partial charge in [-0.15, -0.1) is 0 Å². The SMILES string of the molecule is Cc1nccc2c(C(C(=O)O)N3CC(OCCCCCc4ccc5c(n4)NCCC5)C3)cc(Cl)cc12. The molecule has 2 aliphatic heterocycles. The van der Waals surface area contributed by atoms with E-state index in [-0.39, 0.29) is 6.10 Å². The Morgan fingerprint density at radius 3 is 2.92 bits per heavy atom. The minimum Gasteiger partial charge on any atom is -0.480 e. The molecule has 8 heteroatoms. The highest BCUT2D eigenvalue weighted by molar-refractivity contribution is 6.31. The summed E-state index contributed by atoms with van der Waals surface area (Å²) in [5.74, 6) is 0.186. The lowest BCUT2D eigenvalue weighted by molar-refractivity contribution is -0.150. The Kier molecular flexibility index (Phi) is 7.70. The highest BCUT2D eigenvalue weighted by Crippen LogP contribution is 2.35. The van der Waals surface area contributed by atoms with Gasteiger partial charge in [-0.2, -0.15) is 0 Å². The summed E-state index contributed by atoms with van der Waals surface area (Å²) in [6.07, 6.45) is 8.22. The molecule has 1 saturated heterocycles. The Hall–Kier alpha value is -2.74. The maximum Gasteiger partial charge on any atom is 0.325 e. The summed E-state index contributed by atoms with van der Waals surface area (Å²) in [5, 5.41) is 15.7. The van der Waals surface area contributed by atoms with Crippen molar-refractivity contribution in [1.82, 2.24) is 14.9 Å². The van der Waals surface area contributed by atoms with Crippen molar-refractivity contribution < 1.29 is 14.6 Å². The molecular weight excluding hydrogens is 476 g/mol. The minimum atomic E-state index is -0.877. The van der Waals surface area contributed by atoms with Gasteiger partial charge in [-0.3, -0.25) is 14.7 Å². The summed E-state index contributed by atoms with van der Waals surface area (Å²) < 4.78 is 6.03. The predicted octanol–water partition coefficient (Wildman–Crippen LogP) is 5.19. The summed E-state index contributed by atoms with van der Waals surface area (Å²) in [6.45, 7) is 4.81. The van der Waals surface area contributed by atoms with Crippen LogP contribution in [0.15, 0.2) is 36.5 Å². The van der Waals surface area contributed by atoms with Gasteiger partial charge in [0.15, 0.2) is 0 Å². The molecule has 1 unspecified atom stereocenters. The minimum absolute atomic E-state index is 0.0640. The number of aliphatic carboxylic acids is 1. The zero-order valence-electron chi connectivity index (χ0n) is 20.7. The summed E-state index contributed by atoms with van der Waals surface area (Å²) in [5.41, 5.74) is 4.02. The number of nitrogens with one attached hydrogen (secondary N) is 1. The van der Waals surface area contributed by atoms with Crippen LogP contribution in [0, 0.1) is 6.92 Å². The molecule has 2 N–H and O–H groups in total. The van der Waals surface area contributed by atoms with Crippen molar-refractivity contribution in [3.63, 3.8) is 0 Å². The highest BCUT2D eigenvalue weighted by atomic mass is 35.5. The van der Waals surface area contributed by atoms with Crippen molar-refractivity contribution in [1.29, 1.82) is 0 Å². The molecule has 2 aliphatic rings. The van der Waals surface area contributed by atoms with Crippen LogP contribution in [0.1, 0.15) is 54.2 Å². The second-order valence-electron chi connectivity index (χ2n) is 9.83. The fourth-order valence-corrected chi connectivity index (χ4v) is 5.49. The number of hydrogen-bond acceptors (Lipinski definition) is 6. The maximum absolute atomic E-state index is 12.3. The first-order valence-electron chi connectivity index (χ1n) is 12.9. The number of benzene rings is 1. The number of halogens is 1. The molecule has 0 radical (unpaired) electrons. The quantitative estimate of drug-likeness (QED) is 0.364. The van der Waals surface area contributed by atoms with E-state index in [0.717, 1.165) is 66.6 Å². The molecule has 0 amide bonds. The van der Waals surface area contributed by atoms with E-state index in [4.69, 9.17) is 21.3 Å². The second kappa shape index (κ2) is 11.1. The summed E-state index contributed by atoms with van der Waals surface area (Å²) in [6, 6.07) is 9.10. The lowest BCUT2D eigenvalue weighted by atomic mass is 9.95. The average Bonchev–Trinajstić information content (AvgIpc) is 2.84. The molecule has 0 saturated carbocycles. The van der Waals surface area contributed by atoms with E-state index >= 15 is 0 Å². The summed E-state index contributed by atoms with van der Waals surface area (Å²) in [4.78, 5) is 23.3. The van der Waals surface area contributed by atoms with E-state index in [9.17, 15) is 9.90 Å². The Bertz CT molecular complexity index is 1240. The first kappa shape index (κ1) is 24.9. The lowest BCUT2D eigenvalue weighted by Crippen LogP contribution is -2.55. The molecule has 190 valence electrons. The number of nitrogens with zero attached hydrogens (tertiary/aromatic N) is 3. The molecule has 5 rings (SSSR count). The van der Waals surface area contributed by atoms with E-state index in [1.807, 2.05) is 24.0 Å². The van der Waals surface area contributed by atoms with Crippen molar-refractivity contribution in [2.24, 2.45) is 0 Å². The van der Waals surface area contributed by atoms with Crippen molar-refractivity contribution in [2.75, 3.05) is 31.6 Å². The summed E-state index contributed by atoms with van der Waals surface area (Å²) in [7, 11) is 0. The fourth-order valence-electron chi connectivity index (χ4n) is 5.26. The van der Waals surface area contributed by atoms with E-state index in [2.05, 4.69) is 22.4 Å². The first-order chi connectivity index (χ1) is 17.5. The van der Waals surface area contributed by atoms with Gasteiger partial charge < -0.3 is 15.2 Å². The highest BCUT2D eigenvalue weighted by Gasteiger charge is 2.38. The molecule has 3 aromatic rings. The molecule has 7 nitrogen and oxygen atoms in total. The van der Waals surface area contributed by atoms with Gasteiger partial charge >= 0.3 is 5.97 Å². The van der Waals surface area contributed by atoms with Crippen LogP contribution in [-0.2, 0) is 22.4 Å². The maximum atomic E-state index is 12.3. The van der Waals surface area contributed by atoms with E-state index < -0.39 is 12.0 Å². The molecule has 2 aromatic heterocycles. The number of carboxylic acids is 1. The van der Waals surface area contributed by atoms with Crippen molar-refractivity contribution in [2.45, 2.75) is 57.6 Å². The van der Waals surface area contributed by atoms with E-state index in [0.29, 0.717) is 30.3 Å². The van der Waals surface area contributed by atoms with Crippen LogP contribution in [0.4, 0.5) is 5.82 Å². The van der Waals surface area contributed by atoms with Crippen LogP contribution in [-0.4, -0.2) is 58.3 Å². The molecule has 4 heterocycles. The molecule has 36 heavy (non-hydrogen) atoms. The molecule has 0 aliphatic carbocycles. The average molecular weight is 509 g/mol. The number of ether oxygens (including phenoxy) is 1. The normalized spacial score (nSPS) is 16.8. The van der Waals surface area contributed by atoms with Gasteiger partial charge in [0.05, 0.1) is 6.10 Å². The predicted molar refractivity (Wildman–Crippen MR) is 142 cm³/mol. The number of pyridine rings is 2. The largest absolute Gasteiger partial charge is 0.480 e. The topological polar surface area (TPSA) is 87.6 Å². The number of aromatic nitrogens is 2. The Balaban J connectivity index is 1.08. The Labute approximate surface area is 216 Å². The number of rotatable bonds is 10. The van der Waals surface area contributed by atoms with Gasteiger partial charge in [0.25, 0.3) is 0 Å². The smallest absolute Gasteiger partial charge is 0.325 e. The number of unbranched alkanes of at least 4 members (excludes halogenated alkanes) is 2. The number of hydrogen-bond donors (Lipinski definition) is 2. The van der Waals surface area contributed by atoms with Crippen LogP contribution in [0.5, 0.6) is 0 Å². The third-order valence-electron chi connectivity index (χ3n) is 7.23. The third kappa shape index (κ3) is 5.48. The molecule has 1 aromatic carbocycles. The van der Waals surface area contributed by atoms with Gasteiger partial charge in [-0.1, -0.05) is 24.1 Å². The van der Waals surface area contributed by atoms with Gasteiger partial charge in [-0.05, 0) is 79.8 Å². The van der Waals surface area contributed by atoms with Crippen molar-refractivity contribution >= 4 is 34.2 Å². The molecular formula is C28H33ClN4O3. The zero-order chi connectivity index (χ0) is 25.1. The fraction of sp³-hybridized carbons (Fsp3) is 0.464. The number of aryl methyl sites for hydroxylation is 3. The number of likely N-dealkylation sites (tertiary alicyclic amines) is 1. The number of carbonyl (C=O) groups is 1. The van der Waals surface area contributed by atoms with Crippen LogP contribution in [0.2, 0.25) is 5.02 Å². The number of carboxylic acid groups (broad SMARTS) is 1. The van der Waals surface area contributed by atoms with Crippen molar-refractivity contribution in [3.05, 3.63) is 64.1 Å². The monoisotopic (exact) mass is 508 g/mol. The van der Waals surface area contributed by atoms with Gasteiger partial charge in [0.2, 0.25) is 0 Å². The van der Waals surface area contributed by atoms with Gasteiger partial charge in [0, 0.05) is 54.2 Å². The standard InChI is InChI=1S/C28H33ClN4O3/c1-18-24-14-20(29)15-25(23(24)10-12-30-18)26(28(34)35)33-16-22(17-33)36-13-4-2-3-7-21-9-8-19-6-5-11-31-27(19)32-21/h8-10,12,14-15,22,26H,2-7,11,13,16-17H2,1H3,(H,31,32)(H,34,35). The van der Waals surface area contributed by atoms with E-state index in [1.54, 1.807) is 12.3 Å². The Morgan fingerprint density at radius 1 is 1.22 bits per heavy atom. The lowest BCUT2D eigenvalue weighted by Gasteiger charge is -2.42. The molecule has 1 fully saturated rings. The first-order valence-corrected chi connectivity index (χ1v) is 13.2.